The summed E-state index contributed by atoms with van der Waals surface area (Å²) in [5.74, 6) is 0.663. The Kier molecular flexibility index (Phi) is 6.37. The van der Waals surface area contributed by atoms with Gasteiger partial charge in [0.25, 0.3) is 5.91 Å². The normalized spacial score (nSPS) is 21.3. The number of carbonyl (C=O) groups excluding carboxylic acids is 1. The van der Waals surface area contributed by atoms with Crippen LogP contribution in [0, 0.1) is 5.41 Å². The summed E-state index contributed by atoms with van der Waals surface area (Å²) < 4.78 is 15.6. The summed E-state index contributed by atoms with van der Waals surface area (Å²) in [4.78, 5) is 21.1. The van der Waals surface area contributed by atoms with E-state index in [1.54, 1.807) is 18.1 Å². The topological polar surface area (TPSA) is 48.5 Å². The quantitative estimate of drug-likeness (QED) is 0.601. The van der Waals surface area contributed by atoms with E-state index in [2.05, 4.69) is 19.5 Å². The van der Waals surface area contributed by atoms with Gasteiger partial charge in [-0.05, 0) is 86.2 Å². The average molecular weight is 455 g/mol. The summed E-state index contributed by atoms with van der Waals surface area (Å²) in [5.41, 5.74) is 1.95. The van der Waals surface area contributed by atoms with Crippen LogP contribution in [0.25, 0.3) is 0 Å². The van der Waals surface area contributed by atoms with Gasteiger partial charge in [0.15, 0.2) is 0 Å². The largest absolute Gasteiger partial charge is 0.356 e. The van der Waals surface area contributed by atoms with Gasteiger partial charge in [0.05, 0.1) is 5.56 Å². The monoisotopic (exact) mass is 454 g/mol. The Morgan fingerprint density at radius 3 is 2.56 bits per heavy atom. The molecule has 1 saturated carbocycles. The number of aromatic nitrogens is 1. The van der Waals surface area contributed by atoms with Crippen molar-refractivity contribution in [1.29, 1.82) is 0 Å². The number of benzene rings is 1. The predicted molar refractivity (Wildman–Crippen MR) is 128 cm³/mol. The Bertz CT molecular complexity index is 948. The first-order valence-electron chi connectivity index (χ1n) is 11.8. The third kappa shape index (κ3) is 4.79. The van der Waals surface area contributed by atoms with Gasteiger partial charge in [0, 0.05) is 43.0 Å². The van der Waals surface area contributed by atoms with Gasteiger partial charge in [-0.15, -0.1) is 0 Å². The van der Waals surface area contributed by atoms with Crippen molar-refractivity contribution in [2.45, 2.75) is 56.0 Å². The van der Waals surface area contributed by atoms with Gasteiger partial charge in [-0.1, -0.05) is 12.5 Å². The third-order valence-corrected chi connectivity index (χ3v) is 8.37. The number of halogens is 1. The van der Waals surface area contributed by atoms with Crippen LogP contribution in [0.4, 0.5) is 15.9 Å². The van der Waals surface area contributed by atoms with E-state index < -0.39 is 6.17 Å². The van der Waals surface area contributed by atoms with E-state index in [0.29, 0.717) is 23.8 Å². The van der Waals surface area contributed by atoms with Crippen molar-refractivity contribution in [2.75, 3.05) is 36.4 Å². The molecule has 0 radical (unpaired) electrons. The SMILES string of the molecule is O=C(Nc1cccc(SN2CCC(F)CC2)c1)c1cccnc1N1CCC2(CCC2)CC1. The zero-order valence-electron chi connectivity index (χ0n) is 18.4. The van der Waals surface area contributed by atoms with Crippen LogP contribution in [0.2, 0.25) is 0 Å². The summed E-state index contributed by atoms with van der Waals surface area (Å²) in [6.07, 6.45) is 8.75. The smallest absolute Gasteiger partial charge is 0.259 e. The highest BCUT2D eigenvalue weighted by Crippen LogP contribution is 2.49. The van der Waals surface area contributed by atoms with E-state index in [9.17, 15) is 9.18 Å². The molecular formula is C25H31FN4OS. The lowest BCUT2D eigenvalue weighted by Crippen LogP contribution is -2.44. The van der Waals surface area contributed by atoms with E-state index in [0.717, 1.165) is 42.6 Å². The number of nitrogens with zero attached hydrogens (tertiary/aromatic N) is 3. The minimum absolute atomic E-state index is 0.127. The second kappa shape index (κ2) is 9.40. The molecule has 3 fully saturated rings. The highest BCUT2D eigenvalue weighted by Gasteiger charge is 2.40. The number of hydrogen-bond donors (Lipinski definition) is 1. The number of carbonyl (C=O) groups is 1. The first-order chi connectivity index (χ1) is 15.6. The molecule has 2 aliphatic heterocycles. The van der Waals surface area contributed by atoms with Crippen molar-refractivity contribution in [1.82, 2.24) is 9.29 Å². The molecule has 170 valence electrons. The fourth-order valence-electron chi connectivity index (χ4n) is 5.09. The molecule has 0 unspecified atom stereocenters. The van der Waals surface area contributed by atoms with Gasteiger partial charge in [0.1, 0.15) is 12.0 Å². The first kappa shape index (κ1) is 21.7. The molecule has 0 bridgehead atoms. The molecule has 1 amide bonds. The van der Waals surface area contributed by atoms with Crippen molar-refractivity contribution < 1.29 is 9.18 Å². The Morgan fingerprint density at radius 2 is 1.84 bits per heavy atom. The Morgan fingerprint density at radius 1 is 1.06 bits per heavy atom. The van der Waals surface area contributed by atoms with E-state index in [-0.39, 0.29) is 5.91 Å². The molecule has 1 aromatic carbocycles. The highest BCUT2D eigenvalue weighted by atomic mass is 32.2. The number of amides is 1. The van der Waals surface area contributed by atoms with Crippen LogP contribution in [0.3, 0.4) is 0 Å². The number of pyridine rings is 1. The molecule has 1 aromatic heterocycles. The summed E-state index contributed by atoms with van der Waals surface area (Å²) in [6, 6.07) is 11.6. The molecule has 2 saturated heterocycles. The number of nitrogens with one attached hydrogen (secondary N) is 1. The third-order valence-electron chi connectivity index (χ3n) is 7.28. The molecule has 1 N–H and O–H groups in total. The van der Waals surface area contributed by atoms with E-state index >= 15 is 0 Å². The van der Waals surface area contributed by atoms with Crippen LogP contribution in [0.1, 0.15) is 55.3 Å². The summed E-state index contributed by atoms with van der Waals surface area (Å²) in [7, 11) is 0. The van der Waals surface area contributed by atoms with E-state index in [4.69, 9.17) is 0 Å². The summed E-state index contributed by atoms with van der Waals surface area (Å²) in [5, 5.41) is 3.06. The van der Waals surface area contributed by atoms with Gasteiger partial charge in [-0.2, -0.15) is 0 Å². The van der Waals surface area contributed by atoms with Crippen LogP contribution in [0.5, 0.6) is 0 Å². The van der Waals surface area contributed by atoms with Crippen molar-refractivity contribution in [3.8, 4) is 0 Å². The molecule has 3 aliphatic rings. The van der Waals surface area contributed by atoms with Crippen LogP contribution in [-0.4, -0.2) is 47.5 Å². The Balaban J connectivity index is 1.24. The molecule has 3 heterocycles. The van der Waals surface area contributed by atoms with Gasteiger partial charge in [-0.3, -0.25) is 4.79 Å². The van der Waals surface area contributed by atoms with Crippen LogP contribution >= 0.6 is 11.9 Å². The van der Waals surface area contributed by atoms with Crippen molar-refractivity contribution >= 4 is 29.4 Å². The maximum absolute atomic E-state index is 13.4. The molecule has 0 atom stereocenters. The maximum atomic E-state index is 13.4. The molecule has 1 aliphatic carbocycles. The summed E-state index contributed by atoms with van der Waals surface area (Å²) in [6.45, 7) is 3.44. The number of anilines is 2. The van der Waals surface area contributed by atoms with Crippen LogP contribution < -0.4 is 10.2 Å². The molecule has 2 aromatic rings. The molecule has 5 rings (SSSR count). The lowest BCUT2D eigenvalue weighted by Gasteiger charge is -2.48. The minimum Gasteiger partial charge on any atom is -0.356 e. The van der Waals surface area contributed by atoms with Crippen molar-refractivity contribution in [2.24, 2.45) is 5.41 Å². The fraction of sp³-hybridized carbons (Fsp3) is 0.520. The minimum atomic E-state index is -0.676. The fourth-order valence-corrected chi connectivity index (χ4v) is 6.10. The number of piperidine rings is 2. The maximum Gasteiger partial charge on any atom is 0.259 e. The second-order valence-electron chi connectivity index (χ2n) is 9.39. The Labute approximate surface area is 193 Å². The van der Waals surface area contributed by atoms with E-state index in [1.165, 1.54) is 32.1 Å². The number of alkyl halides is 1. The predicted octanol–water partition coefficient (Wildman–Crippen LogP) is 5.55. The highest BCUT2D eigenvalue weighted by molar-refractivity contribution is 7.97. The van der Waals surface area contributed by atoms with Crippen molar-refractivity contribution in [3.63, 3.8) is 0 Å². The molecular weight excluding hydrogens is 423 g/mol. The van der Waals surface area contributed by atoms with Crippen molar-refractivity contribution in [3.05, 3.63) is 48.2 Å². The molecule has 5 nitrogen and oxygen atoms in total. The Hall–Kier alpha value is -2.12. The zero-order valence-corrected chi connectivity index (χ0v) is 19.2. The summed E-state index contributed by atoms with van der Waals surface area (Å²) >= 11 is 1.63. The zero-order chi connectivity index (χ0) is 22.0. The van der Waals surface area contributed by atoms with Crippen LogP contribution in [-0.2, 0) is 0 Å². The number of hydrogen-bond acceptors (Lipinski definition) is 5. The molecule has 32 heavy (non-hydrogen) atoms. The average Bonchev–Trinajstić information content (AvgIpc) is 2.80. The van der Waals surface area contributed by atoms with Gasteiger partial charge >= 0.3 is 0 Å². The van der Waals surface area contributed by atoms with Gasteiger partial charge < -0.3 is 10.2 Å². The molecule has 7 heteroatoms. The number of rotatable bonds is 5. The van der Waals surface area contributed by atoms with Gasteiger partial charge in [0.2, 0.25) is 0 Å². The van der Waals surface area contributed by atoms with Crippen LogP contribution in [0.15, 0.2) is 47.5 Å². The van der Waals surface area contributed by atoms with E-state index in [1.807, 2.05) is 36.4 Å². The van der Waals surface area contributed by atoms with Gasteiger partial charge in [-0.25, -0.2) is 13.7 Å². The lowest BCUT2D eigenvalue weighted by molar-refractivity contribution is 0.0950. The molecule has 1 spiro atoms. The first-order valence-corrected chi connectivity index (χ1v) is 12.6. The lowest BCUT2D eigenvalue weighted by atomic mass is 9.63. The second-order valence-corrected chi connectivity index (χ2v) is 10.6. The standard InChI is InChI=1S/C25H31FN4OS/c26-19-7-14-30(15-8-19)32-21-5-1-4-20(18-21)28-24(31)22-6-2-13-27-23(22)29-16-11-25(12-17-29)9-3-10-25/h1-2,4-6,13,18-19H,3,7-12,14-17H2,(H,28,31).